The molecule has 1 fully saturated rings. The van der Waals surface area contributed by atoms with Crippen molar-refractivity contribution >= 4 is 16.9 Å². The Kier molecular flexibility index (Phi) is 4.67. The Morgan fingerprint density at radius 1 is 1.15 bits per heavy atom. The van der Waals surface area contributed by atoms with Crippen LogP contribution in [0.2, 0.25) is 0 Å². The summed E-state index contributed by atoms with van der Waals surface area (Å²) in [4.78, 5) is 26.0. The Bertz CT molecular complexity index is 1020. The molecule has 2 aromatic carbocycles. The molecule has 4 rings (SSSR count). The van der Waals surface area contributed by atoms with Crippen molar-refractivity contribution in [3.05, 3.63) is 76.1 Å². The first-order chi connectivity index (χ1) is 13.1. The molecule has 1 aromatic heterocycles. The first-order valence-electron chi connectivity index (χ1n) is 9.13. The smallest absolute Gasteiger partial charge is 0.336 e. The van der Waals surface area contributed by atoms with Gasteiger partial charge in [0.15, 0.2) is 6.61 Å². The number of amides is 1. The highest BCUT2D eigenvalue weighted by Gasteiger charge is 2.30. The molecule has 1 aliphatic heterocycles. The van der Waals surface area contributed by atoms with E-state index in [4.69, 9.17) is 9.15 Å². The van der Waals surface area contributed by atoms with E-state index in [9.17, 15) is 9.59 Å². The van der Waals surface area contributed by atoms with Gasteiger partial charge in [0.25, 0.3) is 5.91 Å². The Balaban J connectivity index is 1.45. The van der Waals surface area contributed by atoms with E-state index in [1.165, 1.54) is 17.2 Å². The van der Waals surface area contributed by atoms with E-state index in [2.05, 4.69) is 31.2 Å². The Labute approximate surface area is 157 Å². The molecule has 5 nitrogen and oxygen atoms in total. The number of nitrogens with zero attached hydrogens (tertiary/aromatic N) is 1. The fourth-order valence-electron chi connectivity index (χ4n) is 3.56. The third-order valence-corrected chi connectivity index (χ3v) is 4.99. The zero-order chi connectivity index (χ0) is 18.8. The number of likely N-dealkylation sites (tertiary alicyclic amines) is 1. The van der Waals surface area contributed by atoms with Crippen LogP contribution in [-0.4, -0.2) is 24.0 Å². The molecule has 1 unspecified atom stereocenters. The van der Waals surface area contributed by atoms with Gasteiger partial charge in [0.2, 0.25) is 0 Å². The lowest BCUT2D eigenvalue weighted by Gasteiger charge is -2.25. The Hall–Kier alpha value is -3.08. The third kappa shape index (κ3) is 3.72. The minimum atomic E-state index is -0.409. The van der Waals surface area contributed by atoms with Crippen molar-refractivity contribution in [2.45, 2.75) is 25.8 Å². The van der Waals surface area contributed by atoms with Crippen LogP contribution in [0, 0.1) is 6.92 Å². The summed E-state index contributed by atoms with van der Waals surface area (Å²) in [7, 11) is 0. The van der Waals surface area contributed by atoms with Crippen molar-refractivity contribution in [3.8, 4) is 5.75 Å². The average Bonchev–Trinajstić information content (AvgIpc) is 3.16. The molecule has 0 saturated carbocycles. The van der Waals surface area contributed by atoms with Gasteiger partial charge in [-0.25, -0.2) is 4.79 Å². The molecule has 0 spiro atoms. The van der Waals surface area contributed by atoms with Crippen LogP contribution in [0.15, 0.2) is 63.8 Å². The van der Waals surface area contributed by atoms with Gasteiger partial charge in [-0.15, -0.1) is 0 Å². The number of aryl methyl sites for hydroxylation is 1. The summed E-state index contributed by atoms with van der Waals surface area (Å²) in [6, 6.07) is 16.8. The molecular weight excluding hydrogens is 342 g/mol. The summed E-state index contributed by atoms with van der Waals surface area (Å²) in [6.45, 7) is 2.76. The van der Waals surface area contributed by atoms with Gasteiger partial charge in [-0.2, -0.15) is 0 Å². The molecular formula is C22H21NO4. The number of carbonyl (C=O) groups is 1. The van der Waals surface area contributed by atoms with Gasteiger partial charge in [-0.1, -0.05) is 29.8 Å². The van der Waals surface area contributed by atoms with E-state index < -0.39 is 5.63 Å². The third-order valence-electron chi connectivity index (χ3n) is 4.99. The maximum absolute atomic E-state index is 12.7. The molecule has 1 aliphatic rings. The highest BCUT2D eigenvalue weighted by molar-refractivity contribution is 5.80. The number of carbonyl (C=O) groups excluding carboxylic acids is 1. The van der Waals surface area contributed by atoms with Crippen LogP contribution in [0.25, 0.3) is 11.0 Å². The predicted octanol–water partition coefficient (Wildman–Crippen LogP) is 3.84. The zero-order valence-electron chi connectivity index (χ0n) is 15.2. The van der Waals surface area contributed by atoms with E-state index in [1.807, 2.05) is 11.0 Å². The normalized spacial score (nSPS) is 16.6. The number of rotatable bonds is 4. The Morgan fingerprint density at radius 3 is 2.74 bits per heavy atom. The predicted molar refractivity (Wildman–Crippen MR) is 103 cm³/mol. The number of fused-ring (bicyclic) bond motifs is 1. The number of ether oxygens (including phenoxy) is 1. The van der Waals surface area contributed by atoms with Crippen molar-refractivity contribution in [3.63, 3.8) is 0 Å². The molecule has 2 heterocycles. The second-order valence-corrected chi connectivity index (χ2v) is 6.90. The molecule has 0 aliphatic carbocycles. The largest absolute Gasteiger partial charge is 0.484 e. The van der Waals surface area contributed by atoms with Crippen LogP contribution >= 0.6 is 0 Å². The van der Waals surface area contributed by atoms with Gasteiger partial charge >= 0.3 is 5.63 Å². The fourth-order valence-corrected chi connectivity index (χ4v) is 3.56. The summed E-state index contributed by atoms with van der Waals surface area (Å²) < 4.78 is 10.8. The highest BCUT2D eigenvalue weighted by atomic mass is 16.5. The second kappa shape index (κ2) is 7.27. The molecule has 1 amide bonds. The van der Waals surface area contributed by atoms with Crippen LogP contribution < -0.4 is 10.4 Å². The summed E-state index contributed by atoms with van der Waals surface area (Å²) in [5, 5.41) is 0.812. The van der Waals surface area contributed by atoms with E-state index in [-0.39, 0.29) is 18.6 Å². The lowest BCUT2D eigenvalue weighted by Crippen LogP contribution is -2.34. The topological polar surface area (TPSA) is 59.8 Å². The average molecular weight is 363 g/mol. The van der Waals surface area contributed by atoms with Crippen LogP contribution in [0.1, 0.15) is 30.0 Å². The quantitative estimate of drug-likeness (QED) is 0.661. The monoisotopic (exact) mass is 363 g/mol. The lowest BCUT2D eigenvalue weighted by molar-refractivity contribution is -0.134. The summed E-state index contributed by atoms with van der Waals surface area (Å²) >= 11 is 0. The molecule has 3 aromatic rings. The number of hydrogen-bond acceptors (Lipinski definition) is 4. The van der Waals surface area contributed by atoms with Gasteiger partial charge in [-0.3, -0.25) is 4.79 Å². The Morgan fingerprint density at radius 2 is 1.93 bits per heavy atom. The minimum absolute atomic E-state index is 0.0345. The molecule has 138 valence electrons. The minimum Gasteiger partial charge on any atom is -0.484 e. The number of benzene rings is 2. The van der Waals surface area contributed by atoms with Crippen molar-refractivity contribution in [1.29, 1.82) is 0 Å². The van der Waals surface area contributed by atoms with Gasteiger partial charge < -0.3 is 14.1 Å². The fraction of sp³-hybridized carbons (Fsp3) is 0.273. The van der Waals surface area contributed by atoms with Gasteiger partial charge in [0.05, 0.1) is 6.04 Å². The molecule has 0 bridgehead atoms. The SMILES string of the molecule is Cc1ccc(C2CCCN2C(=O)COc2ccc3ccc(=O)oc3c2)cc1. The van der Waals surface area contributed by atoms with Crippen LogP contribution in [0.5, 0.6) is 5.75 Å². The molecule has 1 saturated heterocycles. The van der Waals surface area contributed by atoms with E-state index in [1.54, 1.807) is 18.2 Å². The van der Waals surface area contributed by atoms with Gasteiger partial charge in [0.1, 0.15) is 11.3 Å². The number of hydrogen-bond donors (Lipinski definition) is 0. The van der Waals surface area contributed by atoms with Crippen LogP contribution in [-0.2, 0) is 4.79 Å². The standard InChI is InChI=1S/C22H21NO4/c1-15-4-6-16(7-5-15)19-3-2-12-23(19)21(24)14-26-18-10-8-17-9-11-22(25)27-20(17)13-18/h4-11,13,19H,2-3,12,14H2,1H3. The van der Waals surface area contributed by atoms with Crippen molar-refractivity contribution in [2.24, 2.45) is 0 Å². The maximum Gasteiger partial charge on any atom is 0.336 e. The van der Waals surface area contributed by atoms with E-state index in [0.29, 0.717) is 11.3 Å². The van der Waals surface area contributed by atoms with Crippen LogP contribution in [0.3, 0.4) is 0 Å². The summed E-state index contributed by atoms with van der Waals surface area (Å²) in [5.41, 5.74) is 2.42. The molecule has 1 atom stereocenters. The highest BCUT2D eigenvalue weighted by Crippen LogP contribution is 2.32. The molecule has 27 heavy (non-hydrogen) atoms. The summed E-state index contributed by atoms with van der Waals surface area (Å²) in [5.74, 6) is 0.476. The lowest BCUT2D eigenvalue weighted by atomic mass is 10.0. The first-order valence-corrected chi connectivity index (χ1v) is 9.13. The van der Waals surface area contributed by atoms with Crippen molar-refractivity contribution < 1.29 is 13.9 Å². The van der Waals surface area contributed by atoms with E-state index in [0.717, 1.165) is 24.8 Å². The van der Waals surface area contributed by atoms with Crippen LogP contribution in [0.4, 0.5) is 0 Å². The maximum atomic E-state index is 12.7. The van der Waals surface area contributed by atoms with Gasteiger partial charge in [0, 0.05) is 24.1 Å². The van der Waals surface area contributed by atoms with E-state index >= 15 is 0 Å². The van der Waals surface area contributed by atoms with Gasteiger partial charge in [-0.05, 0) is 43.5 Å². The zero-order valence-corrected chi connectivity index (χ0v) is 15.2. The summed E-state index contributed by atoms with van der Waals surface area (Å²) in [6.07, 6.45) is 1.96. The molecule has 0 radical (unpaired) electrons. The van der Waals surface area contributed by atoms with Crippen molar-refractivity contribution in [2.75, 3.05) is 13.2 Å². The first kappa shape index (κ1) is 17.3. The molecule has 5 heteroatoms. The molecule has 0 N–H and O–H groups in total. The second-order valence-electron chi connectivity index (χ2n) is 6.90. The van der Waals surface area contributed by atoms with Crippen molar-refractivity contribution in [1.82, 2.24) is 4.90 Å².